The summed E-state index contributed by atoms with van der Waals surface area (Å²) in [7, 11) is 0. The molecule has 0 aliphatic heterocycles. The first-order chi connectivity index (χ1) is 13.0. The lowest BCUT2D eigenvalue weighted by Crippen LogP contribution is -2.38. The minimum absolute atomic E-state index is 0.164. The van der Waals surface area contributed by atoms with Crippen LogP contribution in [-0.4, -0.2) is 17.5 Å². The maximum Gasteiger partial charge on any atom is 0.434 e. The number of halogens is 3. The van der Waals surface area contributed by atoms with Gasteiger partial charge in [0.25, 0.3) is 0 Å². The number of thiophene rings is 1. The predicted molar refractivity (Wildman–Crippen MR) is 99.8 cm³/mol. The lowest BCUT2D eigenvalue weighted by Gasteiger charge is -2.11. The van der Waals surface area contributed by atoms with Gasteiger partial charge >= 0.3 is 6.18 Å². The van der Waals surface area contributed by atoms with Gasteiger partial charge in [0.2, 0.25) is 0 Å². The molecule has 0 bridgehead atoms. The van der Waals surface area contributed by atoms with E-state index >= 15 is 0 Å². The molecule has 5 nitrogen and oxygen atoms in total. The van der Waals surface area contributed by atoms with Crippen molar-refractivity contribution in [1.29, 1.82) is 0 Å². The van der Waals surface area contributed by atoms with E-state index in [-0.39, 0.29) is 6.54 Å². The highest BCUT2D eigenvalue weighted by atomic mass is 32.1. The molecule has 0 fully saturated rings. The van der Waals surface area contributed by atoms with E-state index in [1.165, 1.54) is 0 Å². The number of aromatic nitrogens is 1. The zero-order valence-electron chi connectivity index (χ0n) is 14.1. The number of guanidine groups is 1. The van der Waals surface area contributed by atoms with E-state index in [9.17, 15) is 13.2 Å². The Hall–Kier alpha value is -2.33. The van der Waals surface area contributed by atoms with E-state index in [0.717, 1.165) is 27.4 Å². The van der Waals surface area contributed by atoms with Gasteiger partial charge in [0.15, 0.2) is 11.7 Å². The van der Waals surface area contributed by atoms with Gasteiger partial charge < -0.3 is 15.1 Å². The third-order valence-electron chi connectivity index (χ3n) is 3.47. The van der Waals surface area contributed by atoms with Crippen molar-refractivity contribution in [3.63, 3.8) is 0 Å². The molecule has 0 aliphatic carbocycles. The smallest absolute Gasteiger partial charge is 0.434 e. The quantitative estimate of drug-likeness (QED) is 0.447. The number of thiazole rings is 1. The maximum atomic E-state index is 12.7. The second-order valence-electron chi connectivity index (χ2n) is 5.48. The van der Waals surface area contributed by atoms with Gasteiger partial charge in [-0.2, -0.15) is 13.2 Å². The molecule has 0 spiro atoms. The van der Waals surface area contributed by atoms with E-state index < -0.39 is 11.9 Å². The first-order valence-electron chi connectivity index (χ1n) is 8.09. The number of hydrogen-bond acceptors (Lipinski definition) is 5. The minimum atomic E-state index is -4.42. The van der Waals surface area contributed by atoms with E-state index in [4.69, 9.17) is 4.42 Å². The van der Waals surface area contributed by atoms with Gasteiger partial charge in [0.05, 0.1) is 19.4 Å². The Morgan fingerprint density at radius 3 is 2.74 bits per heavy atom. The van der Waals surface area contributed by atoms with Crippen LogP contribution >= 0.6 is 22.7 Å². The molecule has 0 radical (unpaired) electrons. The molecule has 3 heterocycles. The number of alkyl halides is 3. The third-order valence-corrected chi connectivity index (χ3v) is 5.18. The summed E-state index contributed by atoms with van der Waals surface area (Å²) in [6, 6.07) is 7.62. The number of hydrogen-bond donors (Lipinski definition) is 2. The third kappa shape index (κ3) is 6.10. The summed E-state index contributed by atoms with van der Waals surface area (Å²) in [4.78, 5) is 9.20. The first-order valence-corrected chi connectivity index (χ1v) is 9.85. The molecule has 2 N–H and O–H groups in total. The average Bonchev–Trinajstić information content (AvgIpc) is 3.39. The molecule has 3 aromatic rings. The van der Waals surface area contributed by atoms with Crippen LogP contribution in [0.1, 0.15) is 21.3 Å². The Morgan fingerprint density at radius 1 is 1.19 bits per heavy atom. The molecular weight excluding hydrogens is 397 g/mol. The van der Waals surface area contributed by atoms with Gasteiger partial charge in [-0.3, -0.25) is 0 Å². The Balaban J connectivity index is 1.58. The van der Waals surface area contributed by atoms with Crippen LogP contribution in [0.2, 0.25) is 0 Å². The zero-order valence-corrected chi connectivity index (χ0v) is 15.8. The van der Waals surface area contributed by atoms with Crippen molar-refractivity contribution in [2.45, 2.75) is 25.7 Å². The molecule has 144 valence electrons. The molecule has 0 atom stereocenters. The van der Waals surface area contributed by atoms with Crippen molar-refractivity contribution in [2.75, 3.05) is 6.54 Å². The summed E-state index contributed by atoms with van der Waals surface area (Å²) in [6.07, 6.45) is -2.14. The normalized spacial score (nSPS) is 12.3. The average molecular weight is 414 g/mol. The Bertz CT molecular complexity index is 842. The first kappa shape index (κ1) is 19.4. The summed E-state index contributed by atoms with van der Waals surface area (Å²) in [5.74, 6) is 1.36. The van der Waals surface area contributed by atoms with Crippen LogP contribution in [0, 0.1) is 0 Å². The van der Waals surface area contributed by atoms with Crippen LogP contribution in [0.5, 0.6) is 0 Å². The second-order valence-corrected chi connectivity index (χ2v) is 7.45. The molecule has 0 amide bonds. The number of nitrogens with zero attached hydrogens (tertiary/aromatic N) is 2. The largest absolute Gasteiger partial charge is 0.469 e. The lowest BCUT2D eigenvalue weighted by molar-refractivity contribution is -0.140. The van der Waals surface area contributed by atoms with Crippen LogP contribution in [0.15, 0.2) is 50.7 Å². The summed E-state index contributed by atoms with van der Waals surface area (Å²) in [5, 5.41) is 9.54. The summed E-state index contributed by atoms with van der Waals surface area (Å²) >= 11 is 2.56. The minimum Gasteiger partial charge on any atom is -0.469 e. The molecule has 3 aromatic heterocycles. The number of nitrogens with one attached hydrogen (secondary N) is 2. The van der Waals surface area contributed by atoms with E-state index in [1.54, 1.807) is 17.6 Å². The van der Waals surface area contributed by atoms with E-state index in [2.05, 4.69) is 20.6 Å². The van der Waals surface area contributed by atoms with Crippen LogP contribution < -0.4 is 10.6 Å². The van der Waals surface area contributed by atoms with Crippen molar-refractivity contribution in [1.82, 2.24) is 15.6 Å². The summed E-state index contributed by atoms with van der Waals surface area (Å²) in [5.41, 5.74) is -0.868. The monoisotopic (exact) mass is 414 g/mol. The summed E-state index contributed by atoms with van der Waals surface area (Å²) in [6.45, 7) is 1.23. The molecule has 27 heavy (non-hydrogen) atoms. The molecule has 0 aliphatic rings. The van der Waals surface area contributed by atoms with E-state index in [0.29, 0.717) is 30.5 Å². The van der Waals surface area contributed by atoms with Crippen LogP contribution in [0.3, 0.4) is 0 Å². The standard InChI is InChI=1S/C17H17F3N4OS2/c18-17(19,20)14-11-27-15(24-14)10-23-16(22-9-13-4-2-8-26-13)21-6-5-12-3-1-7-25-12/h1-4,7-8,11H,5-6,9-10H2,(H2,21,22,23). The number of rotatable bonds is 7. The lowest BCUT2D eigenvalue weighted by atomic mass is 10.3. The van der Waals surface area contributed by atoms with Crippen molar-refractivity contribution >= 4 is 28.6 Å². The molecule has 3 rings (SSSR count). The van der Waals surface area contributed by atoms with Gasteiger partial charge in [-0.25, -0.2) is 9.98 Å². The zero-order chi connectivity index (χ0) is 19.1. The molecule has 0 saturated carbocycles. The molecule has 0 saturated heterocycles. The fourth-order valence-corrected chi connectivity index (χ4v) is 3.54. The number of furan rings is 1. The molecule has 10 heteroatoms. The highest BCUT2D eigenvalue weighted by Gasteiger charge is 2.33. The maximum absolute atomic E-state index is 12.7. The van der Waals surface area contributed by atoms with Crippen LogP contribution in [-0.2, 0) is 25.7 Å². The Labute approximate surface area is 162 Å². The van der Waals surface area contributed by atoms with Crippen molar-refractivity contribution in [3.05, 3.63) is 62.6 Å². The van der Waals surface area contributed by atoms with Crippen LogP contribution in [0.4, 0.5) is 13.2 Å². The fraction of sp³-hybridized carbons (Fsp3) is 0.294. The Kier molecular flexibility index (Phi) is 6.51. The van der Waals surface area contributed by atoms with Crippen molar-refractivity contribution in [3.8, 4) is 0 Å². The van der Waals surface area contributed by atoms with Gasteiger partial charge in [-0.15, -0.1) is 22.7 Å². The van der Waals surface area contributed by atoms with Gasteiger partial charge in [-0.1, -0.05) is 6.07 Å². The Morgan fingerprint density at radius 2 is 2.07 bits per heavy atom. The van der Waals surface area contributed by atoms with E-state index in [1.807, 2.05) is 29.6 Å². The van der Waals surface area contributed by atoms with Gasteiger partial charge in [0.1, 0.15) is 10.8 Å². The molecule has 0 unspecified atom stereocenters. The van der Waals surface area contributed by atoms with Crippen molar-refractivity contribution in [2.24, 2.45) is 4.99 Å². The SMILES string of the molecule is FC(F)(F)c1csc(CNC(=NCc2cccs2)NCCc2ccco2)n1. The van der Waals surface area contributed by atoms with Crippen LogP contribution in [0.25, 0.3) is 0 Å². The van der Waals surface area contributed by atoms with Crippen molar-refractivity contribution < 1.29 is 17.6 Å². The topological polar surface area (TPSA) is 62.5 Å². The fourth-order valence-electron chi connectivity index (χ4n) is 2.17. The predicted octanol–water partition coefficient (Wildman–Crippen LogP) is 4.29. The molecule has 0 aromatic carbocycles. The highest BCUT2D eigenvalue weighted by molar-refractivity contribution is 7.10. The second kappa shape index (κ2) is 9.05. The highest BCUT2D eigenvalue weighted by Crippen LogP contribution is 2.29. The summed E-state index contributed by atoms with van der Waals surface area (Å²) < 4.78 is 43.3. The van der Waals surface area contributed by atoms with Gasteiger partial charge in [-0.05, 0) is 23.6 Å². The number of aliphatic imine (C=N–C) groups is 1. The van der Waals surface area contributed by atoms with Gasteiger partial charge in [0, 0.05) is 23.2 Å². The molecular formula is C17H17F3N4OS2.